The maximum atomic E-state index is 13.5. The van der Waals surface area contributed by atoms with E-state index in [1.807, 2.05) is 6.07 Å². The molecule has 0 atom stereocenters. The minimum atomic E-state index is -0.654. The predicted molar refractivity (Wildman–Crippen MR) is 130 cm³/mol. The summed E-state index contributed by atoms with van der Waals surface area (Å²) < 4.78 is 20.0. The van der Waals surface area contributed by atoms with Crippen LogP contribution in [0.5, 0.6) is 5.75 Å². The summed E-state index contributed by atoms with van der Waals surface area (Å²) in [6.07, 6.45) is 0.914. The van der Waals surface area contributed by atoms with E-state index >= 15 is 0 Å². The molecule has 0 fully saturated rings. The summed E-state index contributed by atoms with van der Waals surface area (Å²) in [5, 5.41) is 7.09. The number of halogens is 4. The van der Waals surface area contributed by atoms with Gasteiger partial charge in [-0.3, -0.25) is 9.59 Å². The molecule has 0 aliphatic heterocycles. The van der Waals surface area contributed by atoms with E-state index in [-0.39, 0.29) is 5.69 Å². The fraction of sp³-hybridized carbons (Fsp3) is 0.0870. The zero-order valence-electron chi connectivity index (χ0n) is 16.9. The van der Waals surface area contributed by atoms with E-state index < -0.39 is 24.1 Å². The number of carbonyl (C=O) groups excluding carboxylic acids is 2. The number of anilines is 1. The number of hydrazone groups is 1. The normalized spacial score (nSPS) is 10.8. The smallest absolute Gasteiger partial charge is 0.249 e. The van der Waals surface area contributed by atoms with Crippen molar-refractivity contribution in [3.8, 4) is 5.75 Å². The molecule has 2 N–H and O–H groups in total. The largest absolute Gasteiger partial charge is 0.488 e. The van der Waals surface area contributed by atoms with Gasteiger partial charge in [-0.25, -0.2) is 9.82 Å². The Morgan fingerprint density at radius 2 is 1.82 bits per heavy atom. The molecule has 0 aliphatic carbocycles. The van der Waals surface area contributed by atoms with Crippen LogP contribution in [0.1, 0.15) is 17.5 Å². The third kappa shape index (κ3) is 7.56. The first-order valence-corrected chi connectivity index (χ1v) is 11.1. The van der Waals surface area contributed by atoms with E-state index in [1.165, 1.54) is 24.4 Å². The maximum Gasteiger partial charge on any atom is 0.249 e. The van der Waals surface area contributed by atoms with E-state index in [0.717, 1.165) is 5.56 Å². The third-order valence-electron chi connectivity index (χ3n) is 4.21. The van der Waals surface area contributed by atoms with E-state index in [0.29, 0.717) is 32.4 Å². The first-order valence-electron chi connectivity index (χ1n) is 9.54. The van der Waals surface area contributed by atoms with Crippen molar-refractivity contribution >= 4 is 62.8 Å². The molecule has 3 rings (SSSR count). The van der Waals surface area contributed by atoms with E-state index in [9.17, 15) is 14.0 Å². The number of carbonyl (C=O) groups is 2. The van der Waals surface area contributed by atoms with Crippen molar-refractivity contribution in [1.29, 1.82) is 0 Å². The van der Waals surface area contributed by atoms with Gasteiger partial charge in [-0.2, -0.15) is 5.10 Å². The van der Waals surface area contributed by atoms with Crippen LogP contribution >= 0.6 is 39.1 Å². The Morgan fingerprint density at radius 1 is 1.03 bits per heavy atom. The van der Waals surface area contributed by atoms with Crippen LogP contribution in [0, 0.1) is 5.82 Å². The maximum absolute atomic E-state index is 13.5. The minimum absolute atomic E-state index is 0.00474. The van der Waals surface area contributed by atoms with Crippen molar-refractivity contribution in [1.82, 2.24) is 5.43 Å². The number of hydrogen-bond acceptors (Lipinski definition) is 4. The summed E-state index contributed by atoms with van der Waals surface area (Å²) >= 11 is 15.4. The number of ether oxygens (including phenoxy) is 1. The average molecular weight is 553 g/mol. The summed E-state index contributed by atoms with van der Waals surface area (Å²) in [5.41, 5.74) is 3.81. The van der Waals surface area contributed by atoms with Gasteiger partial charge in [-0.15, -0.1) is 0 Å². The summed E-state index contributed by atoms with van der Waals surface area (Å²) in [4.78, 5) is 23.7. The first kappa shape index (κ1) is 24.7. The number of nitrogens with zero attached hydrogens (tertiary/aromatic N) is 1. The molecule has 0 spiro atoms. The molecule has 0 heterocycles. The second kappa shape index (κ2) is 11.8. The summed E-state index contributed by atoms with van der Waals surface area (Å²) in [6.45, 7) is 0.300. The Kier molecular flexibility index (Phi) is 8.82. The monoisotopic (exact) mass is 551 g/mol. The molecule has 3 aromatic rings. The summed E-state index contributed by atoms with van der Waals surface area (Å²) in [5.74, 6) is -1.27. The molecule has 0 radical (unpaired) electrons. The van der Waals surface area contributed by atoms with Gasteiger partial charge < -0.3 is 10.1 Å². The van der Waals surface area contributed by atoms with Gasteiger partial charge in [0.1, 0.15) is 24.6 Å². The van der Waals surface area contributed by atoms with Gasteiger partial charge in [0.05, 0.1) is 26.4 Å². The molecule has 0 saturated heterocycles. The van der Waals surface area contributed by atoms with Crippen LogP contribution in [0.15, 0.2) is 70.2 Å². The lowest BCUT2D eigenvalue weighted by Gasteiger charge is -2.09. The highest BCUT2D eigenvalue weighted by Crippen LogP contribution is 2.28. The second-order valence-electron chi connectivity index (χ2n) is 6.72. The Balaban J connectivity index is 1.49. The number of hydrogen-bond donors (Lipinski definition) is 2. The van der Waals surface area contributed by atoms with Crippen LogP contribution in [0.2, 0.25) is 10.0 Å². The van der Waals surface area contributed by atoms with E-state index in [1.54, 1.807) is 36.4 Å². The van der Waals surface area contributed by atoms with Crippen molar-refractivity contribution in [3.63, 3.8) is 0 Å². The van der Waals surface area contributed by atoms with E-state index in [4.69, 9.17) is 27.9 Å². The number of benzene rings is 3. The Hall–Kier alpha value is -2.94. The molecule has 33 heavy (non-hydrogen) atoms. The lowest BCUT2D eigenvalue weighted by atomic mass is 10.2. The molecule has 10 heteroatoms. The van der Waals surface area contributed by atoms with Gasteiger partial charge in [0.25, 0.3) is 0 Å². The van der Waals surface area contributed by atoms with Crippen molar-refractivity contribution < 1.29 is 18.7 Å². The predicted octanol–water partition coefficient (Wildman–Crippen LogP) is 5.95. The fourth-order valence-electron chi connectivity index (χ4n) is 2.63. The SMILES string of the molecule is O=C(CC(=O)Nc1ccccc1F)NN=Cc1ccc(OCc2ccc(Cl)c(Cl)c2)c(Br)c1. The van der Waals surface area contributed by atoms with Gasteiger partial charge >= 0.3 is 0 Å². The third-order valence-corrected chi connectivity index (χ3v) is 5.56. The Bertz CT molecular complexity index is 1210. The number of amides is 2. The van der Waals surface area contributed by atoms with Crippen LogP contribution < -0.4 is 15.5 Å². The van der Waals surface area contributed by atoms with Gasteiger partial charge in [0, 0.05) is 0 Å². The van der Waals surface area contributed by atoms with Gasteiger partial charge in [0.2, 0.25) is 11.8 Å². The molecule has 3 aromatic carbocycles. The zero-order chi connectivity index (χ0) is 23.8. The standard InChI is InChI=1S/C23H17BrCl2FN3O3/c24-16-9-14(6-8-21(16)33-13-15-5-7-17(25)18(26)10-15)12-28-30-23(32)11-22(31)29-20-4-2-1-3-19(20)27/h1-10,12H,11,13H2,(H,29,31)(H,30,32). The highest BCUT2D eigenvalue weighted by Gasteiger charge is 2.11. The second-order valence-corrected chi connectivity index (χ2v) is 8.39. The topological polar surface area (TPSA) is 79.8 Å². The van der Waals surface area contributed by atoms with Crippen LogP contribution in [0.3, 0.4) is 0 Å². The summed E-state index contributed by atoms with van der Waals surface area (Å²) in [6, 6.07) is 16.2. The zero-order valence-corrected chi connectivity index (χ0v) is 20.0. The molecular weight excluding hydrogens is 536 g/mol. The minimum Gasteiger partial charge on any atom is -0.488 e. The number of rotatable bonds is 8. The Morgan fingerprint density at radius 3 is 2.55 bits per heavy atom. The first-order chi connectivity index (χ1) is 15.8. The van der Waals surface area contributed by atoms with Crippen molar-refractivity contribution in [2.45, 2.75) is 13.0 Å². The molecule has 170 valence electrons. The molecule has 6 nitrogen and oxygen atoms in total. The number of para-hydroxylation sites is 1. The van der Waals surface area contributed by atoms with Crippen molar-refractivity contribution in [3.05, 3.63) is 92.1 Å². The highest BCUT2D eigenvalue weighted by molar-refractivity contribution is 9.10. The van der Waals surface area contributed by atoms with Gasteiger partial charge in [0.15, 0.2) is 0 Å². The Labute approximate surface area is 207 Å². The van der Waals surface area contributed by atoms with Crippen molar-refractivity contribution in [2.75, 3.05) is 5.32 Å². The lowest BCUT2D eigenvalue weighted by Crippen LogP contribution is -2.24. The van der Waals surface area contributed by atoms with Crippen LogP contribution in [0.25, 0.3) is 0 Å². The highest BCUT2D eigenvalue weighted by atomic mass is 79.9. The molecule has 0 aromatic heterocycles. The van der Waals surface area contributed by atoms with Crippen LogP contribution in [-0.2, 0) is 16.2 Å². The molecule has 0 aliphatic rings. The van der Waals surface area contributed by atoms with Crippen molar-refractivity contribution in [2.24, 2.45) is 5.10 Å². The molecule has 2 amide bonds. The van der Waals surface area contributed by atoms with Crippen LogP contribution in [-0.4, -0.2) is 18.0 Å². The summed E-state index contributed by atoms with van der Waals surface area (Å²) in [7, 11) is 0. The molecule has 0 bridgehead atoms. The van der Waals surface area contributed by atoms with Crippen LogP contribution in [0.4, 0.5) is 10.1 Å². The van der Waals surface area contributed by atoms with Gasteiger partial charge in [-0.05, 0) is 69.5 Å². The van der Waals surface area contributed by atoms with E-state index in [2.05, 4.69) is 31.8 Å². The fourth-order valence-corrected chi connectivity index (χ4v) is 3.46. The van der Waals surface area contributed by atoms with Gasteiger partial charge in [-0.1, -0.05) is 41.4 Å². The molecule has 0 unspecified atom stereocenters. The lowest BCUT2D eigenvalue weighted by molar-refractivity contribution is -0.126. The molecule has 0 saturated carbocycles. The quantitative estimate of drug-likeness (QED) is 0.206. The molecular formula is C23H17BrCl2FN3O3. The number of nitrogens with one attached hydrogen (secondary N) is 2. The average Bonchev–Trinajstić information content (AvgIpc) is 2.77.